The van der Waals surface area contributed by atoms with Crippen LogP contribution in [0.25, 0.3) is 0 Å². The summed E-state index contributed by atoms with van der Waals surface area (Å²) in [6, 6.07) is 5.14. The van der Waals surface area contributed by atoms with Crippen LogP contribution in [-0.2, 0) is 6.54 Å². The molecule has 0 aliphatic heterocycles. The standard InChI is InChI=1S/C16H23FN2/c1-3-4-5-11-19(2)13-15-9-8-14(7-6-10-18)12-16(15)17/h8-9,12H,3-5,10-11,13,18H2,1-2H3. The molecule has 0 aliphatic carbocycles. The maximum Gasteiger partial charge on any atom is 0.128 e. The maximum atomic E-state index is 13.9. The number of hydrogen-bond acceptors (Lipinski definition) is 2. The Morgan fingerprint density at radius 3 is 2.74 bits per heavy atom. The number of nitrogens with two attached hydrogens (primary N) is 1. The Labute approximate surface area is 115 Å². The van der Waals surface area contributed by atoms with Crippen molar-refractivity contribution in [2.45, 2.75) is 32.7 Å². The first-order valence-electron chi connectivity index (χ1n) is 6.83. The lowest BCUT2D eigenvalue weighted by atomic mass is 10.1. The van der Waals surface area contributed by atoms with Crippen molar-refractivity contribution in [1.82, 2.24) is 4.90 Å². The van der Waals surface area contributed by atoms with Gasteiger partial charge in [0.05, 0.1) is 6.54 Å². The Bertz CT molecular complexity index is 446. The molecule has 0 saturated heterocycles. The van der Waals surface area contributed by atoms with Crippen LogP contribution in [0.2, 0.25) is 0 Å². The SMILES string of the molecule is CCCCCN(C)Cc1ccc(C#CCN)cc1F. The molecule has 0 amide bonds. The minimum atomic E-state index is -0.189. The third-order valence-corrected chi connectivity index (χ3v) is 2.97. The summed E-state index contributed by atoms with van der Waals surface area (Å²) in [5.74, 6) is 5.38. The summed E-state index contributed by atoms with van der Waals surface area (Å²) in [6.45, 7) is 4.12. The predicted molar refractivity (Wildman–Crippen MR) is 78.2 cm³/mol. The Hall–Kier alpha value is -1.37. The molecule has 2 N–H and O–H groups in total. The van der Waals surface area contributed by atoms with Gasteiger partial charge in [-0.3, -0.25) is 0 Å². The largest absolute Gasteiger partial charge is 0.320 e. The number of rotatable bonds is 6. The van der Waals surface area contributed by atoms with Gasteiger partial charge in [-0.25, -0.2) is 4.39 Å². The molecule has 3 heteroatoms. The van der Waals surface area contributed by atoms with Gasteiger partial charge in [0.1, 0.15) is 5.82 Å². The summed E-state index contributed by atoms with van der Waals surface area (Å²) < 4.78 is 13.9. The first kappa shape index (κ1) is 15.7. The van der Waals surface area contributed by atoms with Crippen LogP contribution >= 0.6 is 0 Å². The maximum absolute atomic E-state index is 13.9. The van der Waals surface area contributed by atoms with Crippen molar-refractivity contribution in [3.63, 3.8) is 0 Å². The normalized spacial score (nSPS) is 10.4. The average molecular weight is 262 g/mol. The van der Waals surface area contributed by atoms with Crippen molar-refractivity contribution in [1.29, 1.82) is 0 Å². The van der Waals surface area contributed by atoms with E-state index in [0.29, 0.717) is 18.7 Å². The van der Waals surface area contributed by atoms with Crippen LogP contribution in [-0.4, -0.2) is 25.0 Å². The van der Waals surface area contributed by atoms with Crippen LogP contribution in [0.3, 0.4) is 0 Å². The summed E-state index contributed by atoms with van der Waals surface area (Å²) in [4.78, 5) is 2.15. The van der Waals surface area contributed by atoms with E-state index in [0.717, 1.165) is 18.5 Å². The highest BCUT2D eigenvalue weighted by molar-refractivity contribution is 5.37. The molecule has 104 valence electrons. The number of benzene rings is 1. The van der Waals surface area contributed by atoms with Gasteiger partial charge in [-0.2, -0.15) is 0 Å². The minimum absolute atomic E-state index is 0.189. The fraction of sp³-hybridized carbons (Fsp3) is 0.500. The first-order valence-corrected chi connectivity index (χ1v) is 6.83. The lowest BCUT2D eigenvalue weighted by molar-refractivity contribution is 0.313. The van der Waals surface area contributed by atoms with Gasteiger partial charge in [-0.15, -0.1) is 0 Å². The lowest BCUT2D eigenvalue weighted by Crippen LogP contribution is -2.19. The number of nitrogens with zero attached hydrogens (tertiary/aromatic N) is 1. The lowest BCUT2D eigenvalue weighted by Gasteiger charge is -2.16. The summed E-state index contributed by atoms with van der Waals surface area (Å²) in [5.41, 5.74) is 6.69. The summed E-state index contributed by atoms with van der Waals surface area (Å²) in [6.07, 6.45) is 3.59. The van der Waals surface area contributed by atoms with Gasteiger partial charge in [0, 0.05) is 17.7 Å². The molecule has 0 saturated carbocycles. The second-order valence-corrected chi connectivity index (χ2v) is 4.76. The number of hydrogen-bond donors (Lipinski definition) is 1. The topological polar surface area (TPSA) is 29.3 Å². The van der Waals surface area contributed by atoms with Gasteiger partial charge in [-0.05, 0) is 32.1 Å². The van der Waals surface area contributed by atoms with Crippen molar-refractivity contribution in [3.8, 4) is 11.8 Å². The molecule has 0 heterocycles. The zero-order chi connectivity index (χ0) is 14.1. The second kappa shape index (κ2) is 8.68. The Morgan fingerprint density at radius 2 is 2.11 bits per heavy atom. The van der Waals surface area contributed by atoms with Crippen LogP contribution < -0.4 is 5.73 Å². The molecule has 0 spiro atoms. The van der Waals surface area contributed by atoms with Gasteiger partial charge in [0.2, 0.25) is 0 Å². The molecule has 1 aromatic carbocycles. The third-order valence-electron chi connectivity index (χ3n) is 2.97. The zero-order valence-corrected chi connectivity index (χ0v) is 11.9. The molecule has 2 nitrogen and oxygen atoms in total. The van der Waals surface area contributed by atoms with Crippen LogP contribution in [0.15, 0.2) is 18.2 Å². The zero-order valence-electron chi connectivity index (χ0n) is 11.9. The van der Waals surface area contributed by atoms with E-state index in [-0.39, 0.29) is 5.82 Å². The average Bonchev–Trinajstić information content (AvgIpc) is 2.39. The molecule has 1 aromatic rings. The van der Waals surface area contributed by atoms with Crippen molar-refractivity contribution in [2.24, 2.45) is 5.73 Å². The number of halogens is 1. The van der Waals surface area contributed by atoms with Crippen molar-refractivity contribution in [3.05, 3.63) is 35.1 Å². The van der Waals surface area contributed by atoms with E-state index >= 15 is 0 Å². The van der Waals surface area contributed by atoms with Gasteiger partial charge >= 0.3 is 0 Å². The van der Waals surface area contributed by atoms with E-state index in [9.17, 15) is 4.39 Å². The quantitative estimate of drug-likeness (QED) is 0.631. The fourth-order valence-electron chi connectivity index (χ4n) is 1.91. The Kier molecular flexibility index (Phi) is 7.17. The molecule has 1 rings (SSSR count). The van der Waals surface area contributed by atoms with Crippen molar-refractivity contribution < 1.29 is 4.39 Å². The highest BCUT2D eigenvalue weighted by atomic mass is 19.1. The van der Waals surface area contributed by atoms with E-state index < -0.39 is 0 Å². The van der Waals surface area contributed by atoms with Gasteiger partial charge in [-0.1, -0.05) is 37.7 Å². The highest BCUT2D eigenvalue weighted by Gasteiger charge is 2.06. The van der Waals surface area contributed by atoms with Crippen LogP contribution in [0, 0.1) is 17.7 Å². The van der Waals surface area contributed by atoms with Crippen molar-refractivity contribution in [2.75, 3.05) is 20.1 Å². The Morgan fingerprint density at radius 1 is 1.32 bits per heavy atom. The number of unbranched alkanes of at least 4 members (excludes halogenated alkanes) is 2. The van der Waals surface area contributed by atoms with E-state index in [4.69, 9.17) is 5.73 Å². The molecule has 0 unspecified atom stereocenters. The van der Waals surface area contributed by atoms with E-state index in [2.05, 4.69) is 23.7 Å². The van der Waals surface area contributed by atoms with Crippen LogP contribution in [0.5, 0.6) is 0 Å². The van der Waals surface area contributed by atoms with Gasteiger partial charge in [0.15, 0.2) is 0 Å². The van der Waals surface area contributed by atoms with Gasteiger partial charge in [0.25, 0.3) is 0 Å². The predicted octanol–water partition coefficient (Wildman–Crippen LogP) is 2.76. The molecular formula is C16H23FN2. The van der Waals surface area contributed by atoms with Crippen molar-refractivity contribution >= 4 is 0 Å². The second-order valence-electron chi connectivity index (χ2n) is 4.76. The minimum Gasteiger partial charge on any atom is -0.320 e. The van der Waals surface area contributed by atoms with Crippen LogP contribution in [0.4, 0.5) is 4.39 Å². The molecule has 0 bridgehead atoms. The molecule has 0 aliphatic rings. The molecule has 19 heavy (non-hydrogen) atoms. The van der Waals surface area contributed by atoms with E-state index in [1.54, 1.807) is 0 Å². The van der Waals surface area contributed by atoms with Gasteiger partial charge < -0.3 is 10.6 Å². The first-order chi connectivity index (χ1) is 9.17. The molecule has 0 aromatic heterocycles. The Balaban J connectivity index is 2.59. The molecule has 0 radical (unpaired) electrons. The van der Waals surface area contributed by atoms with E-state index in [1.807, 2.05) is 19.2 Å². The fourth-order valence-corrected chi connectivity index (χ4v) is 1.91. The summed E-state index contributed by atoms with van der Waals surface area (Å²) in [5, 5.41) is 0. The monoisotopic (exact) mass is 262 g/mol. The summed E-state index contributed by atoms with van der Waals surface area (Å²) >= 11 is 0. The smallest absolute Gasteiger partial charge is 0.128 e. The van der Waals surface area contributed by atoms with E-state index in [1.165, 1.54) is 18.9 Å². The van der Waals surface area contributed by atoms with Crippen LogP contribution in [0.1, 0.15) is 37.3 Å². The molecule has 0 fully saturated rings. The molecular weight excluding hydrogens is 239 g/mol. The highest BCUT2D eigenvalue weighted by Crippen LogP contribution is 2.12. The molecule has 0 atom stereocenters. The third kappa shape index (κ3) is 5.87. The summed E-state index contributed by atoms with van der Waals surface area (Å²) in [7, 11) is 2.03.